The van der Waals surface area contributed by atoms with Gasteiger partial charge in [-0.3, -0.25) is 0 Å². The van der Waals surface area contributed by atoms with Gasteiger partial charge in [0.1, 0.15) is 0 Å². The highest BCUT2D eigenvalue weighted by Crippen LogP contribution is 2.31. The van der Waals surface area contributed by atoms with E-state index in [1.165, 1.54) is 0 Å². The minimum Gasteiger partial charge on any atom is -0.385 e. The van der Waals surface area contributed by atoms with E-state index in [1.807, 2.05) is 6.92 Å². The van der Waals surface area contributed by atoms with E-state index in [4.69, 9.17) is 0 Å². The summed E-state index contributed by atoms with van der Waals surface area (Å²) < 4.78 is 37.1. The first-order valence-corrected chi connectivity index (χ1v) is 4.36. The maximum absolute atomic E-state index is 12.4. The van der Waals surface area contributed by atoms with Gasteiger partial charge in [-0.25, -0.2) is 0 Å². The van der Waals surface area contributed by atoms with Crippen LogP contribution < -0.4 is 5.32 Å². The Kier molecular flexibility index (Phi) is 3.03. The molecule has 0 aliphatic carbocycles. The molecule has 1 aromatic carbocycles. The molecule has 0 saturated heterocycles. The SMILES string of the molecule is CCNc1cc(C)cc(C(F)(F)F)c1. The topological polar surface area (TPSA) is 12.0 Å². The first kappa shape index (κ1) is 10.9. The molecule has 78 valence electrons. The molecule has 0 unspecified atom stereocenters. The van der Waals surface area contributed by atoms with Gasteiger partial charge in [-0.05, 0) is 37.6 Å². The molecule has 1 aromatic rings. The maximum Gasteiger partial charge on any atom is 0.416 e. The van der Waals surface area contributed by atoms with Crippen molar-refractivity contribution < 1.29 is 13.2 Å². The third-order valence-electron chi connectivity index (χ3n) is 1.79. The van der Waals surface area contributed by atoms with Crippen LogP contribution >= 0.6 is 0 Å². The van der Waals surface area contributed by atoms with Crippen LogP contribution in [0.4, 0.5) is 18.9 Å². The fourth-order valence-corrected chi connectivity index (χ4v) is 1.25. The van der Waals surface area contributed by atoms with E-state index in [9.17, 15) is 13.2 Å². The molecule has 0 spiro atoms. The summed E-state index contributed by atoms with van der Waals surface area (Å²) in [6.07, 6.45) is -4.27. The monoisotopic (exact) mass is 203 g/mol. The van der Waals surface area contributed by atoms with Crippen LogP contribution in [-0.2, 0) is 6.18 Å². The minimum atomic E-state index is -4.27. The molecular weight excluding hydrogens is 191 g/mol. The number of aryl methyl sites for hydroxylation is 1. The van der Waals surface area contributed by atoms with Crippen molar-refractivity contribution in [3.8, 4) is 0 Å². The Morgan fingerprint density at radius 3 is 2.36 bits per heavy atom. The van der Waals surface area contributed by atoms with Crippen molar-refractivity contribution in [3.05, 3.63) is 29.3 Å². The summed E-state index contributed by atoms with van der Waals surface area (Å²) in [5.74, 6) is 0. The third kappa shape index (κ3) is 2.65. The van der Waals surface area contributed by atoms with Gasteiger partial charge in [-0.15, -0.1) is 0 Å². The van der Waals surface area contributed by atoms with E-state index in [2.05, 4.69) is 5.32 Å². The van der Waals surface area contributed by atoms with Crippen LogP contribution in [0.1, 0.15) is 18.1 Å². The summed E-state index contributed by atoms with van der Waals surface area (Å²) in [6, 6.07) is 3.95. The molecule has 1 N–H and O–H groups in total. The van der Waals surface area contributed by atoms with Gasteiger partial charge >= 0.3 is 6.18 Å². The third-order valence-corrected chi connectivity index (χ3v) is 1.79. The maximum atomic E-state index is 12.4. The molecule has 0 aromatic heterocycles. The number of benzene rings is 1. The van der Waals surface area contributed by atoms with Gasteiger partial charge in [0.05, 0.1) is 5.56 Å². The van der Waals surface area contributed by atoms with Crippen LogP contribution in [0.15, 0.2) is 18.2 Å². The molecule has 0 bridgehead atoms. The van der Waals surface area contributed by atoms with Gasteiger partial charge in [0.15, 0.2) is 0 Å². The molecular formula is C10H12F3N. The largest absolute Gasteiger partial charge is 0.416 e. The normalized spacial score (nSPS) is 11.5. The predicted molar refractivity (Wildman–Crippen MR) is 50.3 cm³/mol. The van der Waals surface area contributed by atoms with Gasteiger partial charge in [0.25, 0.3) is 0 Å². The Bertz CT molecular complexity index is 318. The van der Waals surface area contributed by atoms with Crippen LogP contribution in [0.2, 0.25) is 0 Å². The van der Waals surface area contributed by atoms with Crippen molar-refractivity contribution in [2.75, 3.05) is 11.9 Å². The van der Waals surface area contributed by atoms with Crippen molar-refractivity contribution in [1.82, 2.24) is 0 Å². The number of rotatable bonds is 2. The van der Waals surface area contributed by atoms with Crippen molar-refractivity contribution >= 4 is 5.69 Å². The second-order valence-corrected chi connectivity index (χ2v) is 3.12. The van der Waals surface area contributed by atoms with Gasteiger partial charge in [0, 0.05) is 12.2 Å². The van der Waals surface area contributed by atoms with Crippen molar-refractivity contribution in [1.29, 1.82) is 0 Å². The highest BCUT2D eigenvalue weighted by molar-refractivity contribution is 5.49. The van der Waals surface area contributed by atoms with E-state index in [-0.39, 0.29) is 0 Å². The summed E-state index contributed by atoms with van der Waals surface area (Å²) in [4.78, 5) is 0. The number of alkyl halides is 3. The van der Waals surface area contributed by atoms with Crippen molar-refractivity contribution in [2.24, 2.45) is 0 Å². The molecule has 0 saturated carbocycles. The number of anilines is 1. The lowest BCUT2D eigenvalue weighted by Crippen LogP contribution is -2.07. The Balaban J connectivity index is 3.07. The summed E-state index contributed by atoms with van der Waals surface area (Å²) in [6.45, 7) is 4.10. The smallest absolute Gasteiger partial charge is 0.385 e. The van der Waals surface area contributed by atoms with E-state index >= 15 is 0 Å². The predicted octanol–water partition coefficient (Wildman–Crippen LogP) is 3.45. The standard InChI is InChI=1S/C10H12F3N/c1-3-14-9-5-7(2)4-8(6-9)10(11,12)13/h4-6,14H,3H2,1-2H3. The second kappa shape index (κ2) is 3.90. The Morgan fingerprint density at radius 2 is 1.86 bits per heavy atom. The Hall–Kier alpha value is -1.19. The number of nitrogens with one attached hydrogen (secondary N) is 1. The first-order valence-electron chi connectivity index (χ1n) is 4.36. The highest BCUT2D eigenvalue weighted by Gasteiger charge is 2.30. The molecule has 0 aliphatic rings. The molecule has 0 heterocycles. The average Bonchev–Trinajstić information content (AvgIpc) is 2.02. The first-order chi connectivity index (χ1) is 6.43. The lowest BCUT2D eigenvalue weighted by molar-refractivity contribution is -0.137. The second-order valence-electron chi connectivity index (χ2n) is 3.12. The van der Waals surface area contributed by atoms with Gasteiger partial charge < -0.3 is 5.32 Å². The van der Waals surface area contributed by atoms with Crippen molar-refractivity contribution in [2.45, 2.75) is 20.0 Å². The fourth-order valence-electron chi connectivity index (χ4n) is 1.25. The molecule has 1 rings (SSSR count). The van der Waals surface area contributed by atoms with Crippen LogP contribution in [0.5, 0.6) is 0 Å². The zero-order chi connectivity index (χ0) is 10.8. The van der Waals surface area contributed by atoms with Crippen LogP contribution in [-0.4, -0.2) is 6.54 Å². The molecule has 1 nitrogen and oxygen atoms in total. The number of hydrogen-bond acceptors (Lipinski definition) is 1. The Morgan fingerprint density at radius 1 is 1.21 bits per heavy atom. The molecule has 0 aliphatic heterocycles. The lowest BCUT2D eigenvalue weighted by Gasteiger charge is -2.11. The van der Waals surface area contributed by atoms with Crippen molar-refractivity contribution in [3.63, 3.8) is 0 Å². The van der Waals surface area contributed by atoms with E-state index in [0.29, 0.717) is 17.8 Å². The molecule has 4 heteroatoms. The van der Waals surface area contributed by atoms with E-state index < -0.39 is 11.7 Å². The zero-order valence-electron chi connectivity index (χ0n) is 8.07. The summed E-state index contributed by atoms with van der Waals surface area (Å²) in [5, 5.41) is 2.86. The summed E-state index contributed by atoms with van der Waals surface area (Å²) in [5.41, 5.74) is 0.518. The Labute approximate surface area is 80.9 Å². The molecule has 0 atom stereocenters. The summed E-state index contributed by atoms with van der Waals surface area (Å²) in [7, 11) is 0. The van der Waals surface area contributed by atoms with Gasteiger partial charge in [0.2, 0.25) is 0 Å². The average molecular weight is 203 g/mol. The molecule has 0 radical (unpaired) electrons. The van der Waals surface area contributed by atoms with E-state index in [0.717, 1.165) is 12.1 Å². The molecule has 14 heavy (non-hydrogen) atoms. The van der Waals surface area contributed by atoms with Gasteiger partial charge in [-0.2, -0.15) is 13.2 Å². The summed E-state index contributed by atoms with van der Waals surface area (Å²) >= 11 is 0. The van der Waals surface area contributed by atoms with Crippen LogP contribution in [0.3, 0.4) is 0 Å². The van der Waals surface area contributed by atoms with Crippen LogP contribution in [0, 0.1) is 6.92 Å². The highest BCUT2D eigenvalue weighted by atomic mass is 19.4. The fraction of sp³-hybridized carbons (Fsp3) is 0.400. The zero-order valence-corrected chi connectivity index (χ0v) is 8.07. The minimum absolute atomic E-state index is 0.514. The van der Waals surface area contributed by atoms with E-state index in [1.54, 1.807) is 13.0 Å². The number of hydrogen-bond donors (Lipinski definition) is 1. The lowest BCUT2D eigenvalue weighted by atomic mass is 10.1. The quantitative estimate of drug-likeness (QED) is 0.776. The molecule has 0 amide bonds. The van der Waals surface area contributed by atoms with Crippen LogP contribution in [0.25, 0.3) is 0 Å². The molecule has 0 fully saturated rings. The van der Waals surface area contributed by atoms with Gasteiger partial charge in [-0.1, -0.05) is 0 Å². The number of halogens is 3.